The molecule has 1 saturated heterocycles. The zero-order chi connectivity index (χ0) is 19.6. The summed E-state index contributed by atoms with van der Waals surface area (Å²) in [5.74, 6) is -1.08. The molecule has 2 heterocycles. The Bertz CT molecular complexity index is 857. The first-order chi connectivity index (χ1) is 12.7. The minimum absolute atomic E-state index is 0.312. The number of rotatable bonds is 3. The molecule has 1 aromatic heterocycles. The molecule has 2 aliphatic carbocycles. The van der Waals surface area contributed by atoms with Gasteiger partial charge in [0, 0.05) is 10.3 Å². The average molecular weight is 391 g/mol. The van der Waals surface area contributed by atoms with Crippen LogP contribution in [0.25, 0.3) is 0 Å². The van der Waals surface area contributed by atoms with Crippen LogP contribution in [0.15, 0.2) is 0 Å². The Morgan fingerprint density at radius 2 is 1.85 bits per heavy atom. The molecule has 2 bridgehead atoms. The highest BCUT2D eigenvalue weighted by molar-refractivity contribution is 7.17. The second-order valence-electron chi connectivity index (χ2n) is 8.53. The monoisotopic (exact) mass is 391 g/mol. The minimum Gasteiger partial charge on any atom is -0.465 e. The first-order valence-electron chi connectivity index (χ1n) is 9.46. The maximum Gasteiger partial charge on any atom is 0.341 e. The molecule has 0 aromatic carbocycles. The number of thiophene rings is 1. The summed E-state index contributed by atoms with van der Waals surface area (Å²) < 4.78 is 10.6. The Morgan fingerprint density at radius 3 is 2.44 bits per heavy atom. The third-order valence-electron chi connectivity index (χ3n) is 7.24. The fourth-order valence-electron chi connectivity index (χ4n) is 4.92. The molecule has 0 spiro atoms. The largest absolute Gasteiger partial charge is 0.465 e. The van der Waals surface area contributed by atoms with E-state index in [-0.39, 0.29) is 11.9 Å². The van der Waals surface area contributed by atoms with Crippen molar-refractivity contribution in [1.82, 2.24) is 0 Å². The van der Waals surface area contributed by atoms with E-state index in [0.717, 1.165) is 36.1 Å². The van der Waals surface area contributed by atoms with E-state index in [1.54, 1.807) is 0 Å². The maximum absolute atomic E-state index is 13.3. The fraction of sp³-hybridized carbons (Fsp3) is 0.650. The van der Waals surface area contributed by atoms with Gasteiger partial charge in [-0.05, 0) is 51.0 Å². The predicted molar refractivity (Wildman–Crippen MR) is 101 cm³/mol. The second kappa shape index (κ2) is 5.80. The standard InChI is InChI=1S/C20H25NO5S/c1-18(2)19(3)9-10-20(18,26-17(19)24)16(23)21-14-13(15(22)25-4)11-7-5-6-8-12(11)27-14/h5-10H2,1-4H3,(H,21,23)/t19-,20+/m0/s1. The summed E-state index contributed by atoms with van der Waals surface area (Å²) in [5.41, 5.74) is -1.03. The first-order valence-corrected chi connectivity index (χ1v) is 10.3. The van der Waals surface area contributed by atoms with Crippen molar-refractivity contribution in [2.24, 2.45) is 10.8 Å². The van der Waals surface area contributed by atoms with Crippen molar-refractivity contribution in [3.8, 4) is 0 Å². The number of amides is 1. The van der Waals surface area contributed by atoms with Crippen LogP contribution in [0.4, 0.5) is 5.00 Å². The number of fused-ring (bicyclic) bond motifs is 3. The summed E-state index contributed by atoms with van der Waals surface area (Å²) in [6.07, 6.45) is 4.94. The van der Waals surface area contributed by atoms with Crippen LogP contribution in [0.5, 0.6) is 0 Å². The molecule has 146 valence electrons. The van der Waals surface area contributed by atoms with Crippen LogP contribution in [0.1, 0.15) is 67.3 Å². The van der Waals surface area contributed by atoms with E-state index in [9.17, 15) is 14.4 Å². The van der Waals surface area contributed by atoms with Crippen LogP contribution in [0, 0.1) is 10.8 Å². The summed E-state index contributed by atoms with van der Waals surface area (Å²) in [7, 11) is 1.35. The Kier molecular flexibility index (Phi) is 3.97. The molecule has 6 nitrogen and oxygen atoms in total. The quantitative estimate of drug-likeness (QED) is 0.798. The van der Waals surface area contributed by atoms with Gasteiger partial charge in [-0.1, -0.05) is 13.8 Å². The Labute approximate surface area is 162 Å². The molecular formula is C20H25NO5S. The Balaban J connectivity index is 1.71. The number of carbonyl (C=O) groups excluding carboxylic acids is 3. The molecule has 1 saturated carbocycles. The highest BCUT2D eigenvalue weighted by Crippen LogP contribution is 2.65. The number of hydrogen-bond donors (Lipinski definition) is 1. The van der Waals surface area contributed by atoms with Gasteiger partial charge in [-0.3, -0.25) is 9.59 Å². The van der Waals surface area contributed by atoms with Gasteiger partial charge < -0.3 is 14.8 Å². The van der Waals surface area contributed by atoms with Crippen molar-refractivity contribution in [1.29, 1.82) is 0 Å². The zero-order valence-corrected chi connectivity index (χ0v) is 17.0. The molecular weight excluding hydrogens is 366 g/mol. The van der Waals surface area contributed by atoms with Gasteiger partial charge in [-0.25, -0.2) is 4.79 Å². The van der Waals surface area contributed by atoms with Gasteiger partial charge in [0.15, 0.2) is 5.60 Å². The average Bonchev–Trinajstić information content (AvgIpc) is 3.14. The molecule has 0 unspecified atom stereocenters. The van der Waals surface area contributed by atoms with Crippen LogP contribution in [0.3, 0.4) is 0 Å². The number of esters is 2. The lowest BCUT2D eigenvalue weighted by Crippen LogP contribution is -2.50. The third kappa shape index (κ3) is 2.21. The van der Waals surface area contributed by atoms with E-state index < -0.39 is 22.4 Å². The zero-order valence-electron chi connectivity index (χ0n) is 16.2. The molecule has 2 atom stereocenters. The van der Waals surface area contributed by atoms with Crippen molar-refractivity contribution in [3.05, 3.63) is 16.0 Å². The normalized spacial score (nSPS) is 30.6. The van der Waals surface area contributed by atoms with E-state index in [4.69, 9.17) is 9.47 Å². The van der Waals surface area contributed by atoms with Crippen LogP contribution in [-0.4, -0.2) is 30.6 Å². The fourth-order valence-corrected chi connectivity index (χ4v) is 6.20. The lowest BCUT2D eigenvalue weighted by Gasteiger charge is -2.35. The van der Waals surface area contributed by atoms with E-state index in [1.807, 2.05) is 20.8 Å². The molecule has 1 aromatic rings. The number of carbonyl (C=O) groups is 3. The number of hydrogen-bond acceptors (Lipinski definition) is 6. The lowest BCUT2D eigenvalue weighted by atomic mass is 9.66. The van der Waals surface area contributed by atoms with Crippen LogP contribution in [0.2, 0.25) is 0 Å². The van der Waals surface area contributed by atoms with Gasteiger partial charge in [-0.2, -0.15) is 0 Å². The summed E-state index contributed by atoms with van der Waals surface area (Å²) in [6, 6.07) is 0. The molecule has 27 heavy (non-hydrogen) atoms. The minimum atomic E-state index is -1.20. The topological polar surface area (TPSA) is 81.7 Å². The summed E-state index contributed by atoms with van der Waals surface area (Å²) >= 11 is 1.44. The van der Waals surface area contributed by atoms with Crippen LogP contribution in [-0.2, 0) is 31.9 Å². The lowest BCUT2D eigenvalue weighted by molar-refractivity contribution is -0.165. The summed E-state index contributed by atoms with van der Waals surface area (Å²) in [6.45, 7) is 5.72. The summed E-state index contributed by atoms with van der Waals surface area (Å²) in [5, 5.41) is 3.45. The van der Waals surface area contributed by atoms with Crippen molar-refractivity contribution in [3.63, 3.8) is 0 Å². The van der Waals surface area contributed by atoms with Gasteiger partial charge >= 0.3 is 11.9 Å². The predicted octanol–water partition coefficient (Wildman–Crippen LogP) is 3.47. The number of ether oxygens (including phenoxy) is 2. The number of aryl methyl sites for hydroxylation is 1. The smallest absolute Gasteiger partial charge is 0.341 e. The first kappa shape index (κ1) is 18.5. The van der Waals surface area contributed by atoms with Gasteiger partial charge in [-0.15, -0.1) is 11.3 Å². The molecule has 7 heteroatoms. The molecule has 4 rings (SSSR count). The summed E-state index contributed by atoms with van der Waals surface area (Å²) in [4.78, 5) is 39.3. The highest BCUT2D eigenvalue weighted by atomic mass is 32.1. The van der Waals surface area contributed by atoms with E-state index in [2.05, 4.69) is 5.32 Å². The van der Waals surface area contributed by atoms with E-state index in [1.165, 1.54) is 18.4 Å². The number of nitrogens with one attached hydrogen (secondary N) is 1. The van der Waals surface area contributed by atoms with Crippen molar-refractivity contribution < 1.29 is 23.9 Å². The van der Waals surface area contributed by atoms with Gasteiger partial charge in [0.05, 0.1) is 18.1 Å². The van der Waals surface area contributed by atoms with Crippen LogP contribution >= 0.6 is 11.3 Å². The third-order valence-corrected chi connectivity index (χ3v) is 8.45. The van der Waals surface area contributed by atoms with Crippen LogP contribution < -0.4 is 5.32 Å². The molecule has 1 amide bonds. The highest BCUT2D eigenvalue weighted by Gasteiger charge is 2.75. The second-order valence-corrected chi connectivity index (χ2v) is 9.64. The molecule has 1 aliphatic heterocycles. The van der Waals surface area contributed by atoms with Crippen molar-refractivity contribution in [2.45, 2.75) is 64.9 Å². The van der Waals surface area contributed by atoms with E-state index >= 15 is 0 Å². The van der Waals surface area contributed by atoms with Gasteiger partial charge in [0.1, 0.15) is 5.00 Å². The van der Waals surface area contributed by atoms with Crippen molar-refractivity contribution >= 4 is 34.2 Å². The number of anilines is 1. The molecule has 1 N–H and O–H groups in total. The SMILES string of the molecule is COC(=O)c1c(NC(=O)[C@@]23CC[C@@](C)(C(=O)O2)C3(C)C)sc2c1CCCC2. The Morgan fingerprint density at radius 1 is 1.15 bits per heavy atom. The maximum atomic E-state index is 13.3. The van der Waals surface area contributed by atoms with E-state index in [0.29, 0.717) is 23.4 Å². The number of methoxy groups -OCH3 is 1. The molecule has 3 aliphatic rings. The molecule has 0 radical (unpaired) electrons. The van der Waals surface area contributed by atoms with Gasteiger partial charge in [0.2, 0.25) is 0 Å². The molecule has 2 fully saturated rings. The van der Waals surface area contributed by atoms with Gasteiger partial charge in [0.25, 0.3) is 5.91 Å². The Hall–Kier alpha value is -1.89. The van der Waals surface area contributed by atoms with Crippen molar-refractivity contribution in [2.75, 3.05) is 12.4 Å².